The third-order valence-electron chi connectivity index (χ3n) is 9.81. The smallest absolute Gasteiger partial charge is 0.410 e. The van der Waals surface area contributed by atoms with Crippen LogP contribution in [0.1, 0.15) is 49.8 Å². The summed E-state index contributed by atoms with van der Waals surface area (Å²) in [5, 5.41) is 18.8. The third kappa shape index (κ3) is 11.6. The lowest BCUT2D eigenvalue weighted by molar-refractivity contribution is -0.125. The van der Waals surface area contributed by atoms with Gasteiger partial charge < -0.3 is 35.3 Å². The Morgan fingerprint density at radius 1 is 0.776 bits per heavy atom. The molecule has 2 fully saturated rings. The van der Waals surface area contributed by atoms with Crippen LogP contribution < -0.4 is 16.0 Å². The molecule has 2 heterocycles. The fraction of sp³-hybridized carbons (Fsp3) is 0.341. The Morgan fingerprint density at radius 2 is 1.38 bits per heavy atom. The van der Waals surface area contributed by atoms with Gasteiger partial charge in [-0.15, -0.1) is 0 Å². The molecule has 1 unspecified atom stereocenters. The number of amides is 5. The Bertz CT molecular complexity index is 2000. The Kier molecular flexibility index (Phi) is 14.0. The van der Waals surface area contributed by atoms with Crippen molar-refractivity contribution in [2.75, 3.05) is 18.4 Å². The number of nitrogens with zero attached hydrogens (tertiary/aromatic N) is 2. The monoisotopic (exact) mass is 791 g/mol. The molecule has 0 aromatic heterocycles. The van der Waals surface area contributed by atoms with Crippen LogP contribution in [0.15, 0.2) is 115 Å². The molecule has 2 aliphatic heterocycles. The molecule has 1 aliphatic carbocycles. The normalized spacial score (nSPS) is 21.4. The average Bonchev–Trinajstić information content (AvgIpc) is 3.83. The predicted molar refractivity (Wildman–Crippen MR) is 216 cm³/mol. The number of ether oxygens (including phenoxy) is 3. The summed E-state index contributed by atoms with van der Waals surface area (Å²) >= 11 is 0. The molecule has 304 valence electrons. The number of benzene rings is 3. The van der Waals surface area contributed by atoms with Gasteiger partial charge in [-0.05, 0) is 54.7 Å². The molecular weight excluding hydrogens is 743 g/mol. The van der Waals surface area contributed by atoms with Crippen LogP contribution in [0.3, 0.4) is 0 Å². The number of carbonyl (C=O) groups is 5. The summed E-state index contributed by atoms with van der Waals surface area (Å²) in [6.45, 7) is 3.74. The summed E-state index contributed by atoms with van der Waals surface area (Å²) in [5.41, 5.74) is 3.96. The Morgan fingerprint density at radius 3 is 1.97 bits per heavy atom. The molecule has 0 saturated carbocycles. The van der Waals surface area contributed by atoms with Gasteiger partial charge in [0.05, 0.1) is 25.2 Å². The first-order chi connectivity index (χ1) is 28.0. The van der Waals surface area contributed by atoms with E-state index in [1.807, 2.05) is 103 Å². The zero-order chi connectivity index (χ0) is 41.0. The van der Waals surface area contributed by atoms with Crippen LogP contribution in [0.5, 0.6) is 0 Å². The fourth-order valence-corrected chi connectivity index (χ4v) is 6.86. The van der Waals surface area contributed by atoms with Gasteiger partial charge in [0.25, 0.3) is 0 Å². The summed E-state index contributed by atoms with van der Waals surface area (Å²) in [4.78, 5) is 67.6. The highest BCUT2D eigenvalue weighted by Crippen LogP contribution is 2.25. The van der Waals surface area contributed by atoms with E-state index in [9.17, 15) is 29.1 Å². The minimum absolute atomic E-state index is 0.00758. The first-order valence-electron chi connectivity index (χ1n) is 19.4. The van der Waals surface area contributed by atoms with Crippen LogP contribution >= 0.6 is 0 Å². The molecular formula is C44H49N5O9. The highest BCUT2D eigenvalue weighted by Gasteiger charge is 2.43. The van der Waals surface area contributed by atoms with Crippen molar-refractivity contribution in [1.29, 1.82) is 0 Å². The first-order valence-corrected chi connectivity index (χ1v) is 19.4. The lowest BCUT2D eigenvalue weighted by Crippen LogP contribution is -2.48. The summed E-state index contributed by atoms with van der Waals surface area (Å²) in [5.74, 6) is -0.789. The minimum Gasteiger partial charge on any atom is -0.445 e. The van der Waals surface area contributed by atoms with E-state index in [-0.39, 0.29) is 57.1 Å². The second-order valence-electron chi connectivity index (χ2n) is 14.7. The molecule has 58 heavy (non-hydrogen) atoms. The number of likely N-dealkylation sites (tertiary alicyclic amines) is 2. The lowest BCUT2D eigenvalue weighted by atomic mass is 10.0. The highest BCUT2D eigenvalue weighted by atomic mass is 16.6. The van der Waals surface area contributed by atoms with Gasteiger partial charge >= 0.3 is 18.3 Å². The van der Waals surface area contributed by atoms with E-state index in [2.05, 4.69) is 16.0 Å². The molecule has 0 spiro atoms. The van der Waals surface area contributed by atoms with E-state index in [4.69, 9.17) is 14.2 Å². The number of rotatable bonds is 12. The van der Waals surface area contributed by atoms with Crippen molar-refractivity contribution in [2.24, 2.45) is 0 Å². The number of aliphatic hydroxyl groups is 1. The van der Waals surface area contributed by atoms with Crippen LogP contribution in [0.2, 0.25) is 0 Å². The Hall–Kier alpha value is -6.41. The minimum atomic E-state index is -0.927. The maximum atomic E-state index is 13.5. The number of alkyl carbamates (subject to hydrolysis) is 1. The van der Waals surface area contributed by atoms with Gasteiger partial charge in [0.2, 0.25) is 11.8 Å². The van der Waals surface area contributed by atoms with Crippen molar-refractivity contribution in [3.05, 3.63) is 131 Å². The Balaban J connectivity index is 0.987. The Labute approximate surface area is 337 Å². The molecule has 14 heteroatoms. The van der Waals surface area contributed by atoms with Gasteiger partial charge in [-0.25, -0.2) is 14.4 Å². The largest absolute Gasteiger partial charge is 0.445 e. The summed E-state index contributed by atoms with van der Waals surface area (Å²) in [6, 6.07) is 23.5. The molecule has 14 nitrogen and oxygen atoms in total. The highest BCUT2D eigenvalue weighted by molar-refractivity contribution is 5.97. The number of hydrogen-bond acceptors (Lipinski definition) is 9. The lowest BCUT2D eigenvalue weighted by Gasteiger charge is -2.25. The predicted octanol–water partition coefficient (Wildman–Crippen LogP) is 5.70. The molecule has 3 aliphatic rings. The average molecular weight is 792 g/mol. The fourth-order valence-electron chi connectivity index (χ4n) is 6.86. The van der Waals surface area contributed by atoms with Gasteiger partial charge in [0, 0.05) is 24.6 Å². The molecule has 5 atom stereocenters. The second-order valence-corrected chi connectivity index (χ2v) is 14.7. The topological polar surface area (TPSA) is 176 Å². The van der Waals surface area contributed by atoms with E-state index < -0.39 is 48.5 Å². The first kappa shape index (κ1) is 41.2. The van der Waals surface area contributed by atoms with E-state index in [1.165, 1.54) is 9.80 Å². The van der Waals surface area contributed by atoms with E-state index in [0.717, 1.165) is 22.3 Å². The molecule has 0 radical (unpaired) electrons. The number of carbonyl (C=O) groups excluding carboxylic acids is 5. The third-order valence-corrected chi connectivity index (χ3v) is 9.81. The summed E-state index contributed by atoms with van der Waals surface area (Å²) < 4.78 is 16.5. The van der Waals surface area contributed by atoms with Gasteiger partial charge in [-0.2, -0.15) is 0 Å². The van der Waals surface area contributed by atoms with Crippen molar-refractivity contribution in [1.82, 2.24) is 20.4 Å². The van der Waals surface area contributed by atoms with Crippen LogP contribution in [0.4, 0.5) is 20.1 Å². The number of β-amino-alcohol motifs (C(OH)–C–C–N with tert-alkyl or cyclic N) is 1. The SMILES string of the molecule is CC(C)NC(=O)O[C@@H]1C[C@@H](C(=O)Nc2ccc(/C=C/C3=CCC(NC(=O)[C@@H]4C[C@@H](O)CN4C(=O)OCc4ccccc4)C=C3)cc2)N(C(=O)OCc2ccccc2)C1. The zero-order valence-corrected chi connectivity index (χ0v) is 32.5. The van der Waals surface area contributed by atoms with Gasteiger partial charge in [-0.3, -0.25) is 19.4 Å². The van der Waals surface area contributed by atoms with Gasteiger partial charge in [0.1, 0.15) is 31.4 Å². The molecule has 5 amide bonds. The summed E-state index contributed by atoms with van der Waals surface area (Å²) in [7, 11) is 0. The van der Waals surface area contributed by atoms with Gasteiger partial charge in [-0.1, -0.05) is 103 Å². The molecule has 0 bridgehead atoms. The maximum Gasteiger partial charge on any atom is 0.410 e. The van der Waals surface area contributed by atoms with E-state index in [1.54, 1.807) is 26.0 Å². The number of anilines is 1. The van der Waals surface area contributed by atoms with Crippen molar-refractivity contribution in [3.63, 3.8) is 0 Å². The van der Waals surface area contributed by atoms with Crippen molar-refractivity contribution < 1.29 is 43.3 Å². The second kappa shape index (κ2) is 19.6. The quantitative estimate of drug-likeness (QED) is 0.168. The molecule has 3 aromatic rings. The van der Waals surface area contributed by atoms with Crippen LogP contribution in [0.25, 0.3) is 6.08 Å². The van der Waals surface area contributed by atoms with Crippen LogP contribution in [-0.2, 0) is 37.0 Å². The van der Waals surface area contributed by atoms with Crippen LogP contribution in [0, 0.1) is 0 Å². The van der Waals surface area contributed by atoms with Crippen molar-refractivity contribution in [2.45, 2.75) is 82.7 Å². The number of aliphatic hydroxyl groups excluding tert-OH is 1. The van der Waals surface area contributed by atoms with E-state index >= 15 is 0 Å². The van der Waals surface area contributed by atoms with Crippen molar-refractivity contribution >= 4 is 41.9 Å². The molecule has 2 saturated heterocycles. The maximum absolute atomic E-state index is 13.5. The van der Waals surface area contributed by atoms with Crippen LogP contribution in [-0.4, -0.2) is 94.5 Å². The van der Waals surface area contributed by atoms with Gasteiger partial charge in [0.15, 0.2) is 0 Å². The number of allylic oxidation sites excluding steroid dienone is 3. The number of nitrogens with one attached hydrogen (secondary N) is 3. The molecule has 4 N–H and O–H groups in total. The molecule has 6 rings (SSSR count). The standard InChI is InChI=1S/C44H49N5O9/c1-29(2)45-42(53)58-37-24-39(49(26-37)44(55)57-28-33-11-7-4-8-12-33)41(52)47-35-21-17-31(18-22-35)14-13-30-15-19-34(20-16-30)46-40(51)38-23-36(50)25-48(38)43(54)56-27-32-9-5-3-6-10-32/h3-19,21-22,29,34,36-39,50H,20,23-28H2,1-2H3,(H,45,53)(H,46,51)(H,47,52)/b14-13+/t34?,36-,37-,38+,39+/m1/s1. The number of hydrogen-bond donors (Lipinski definition) is 4. The molecule has 3 aromatic carbocycles. The van der Waals surface area contributed by atoms with E-state index in [0.29, 0.717) is 12.1 Å². The van der Waals surface area contributed by atoms with Crippen molar-refractivity contribution in [3.8, 4) is 0 Å². The zero-order valence-electron chi connectivity index (χ0n) is 32.5. The summed E-state index contributed by atoms with van der Waals surface area (Å²) in [6.07, 6.45) is 6.94.